The van der Waals surface area contributed by atoms with Crippen LogP contribution in [0.3, 0.4) is 0 Å². The summed E-state index contributed by atoms with van der Waals surface area (Å²) in [6, 6.07) is 10.2. The summed E-state index contributed by atoms with van der Waals surface area (Å²) in [6.07, 6.45) is 3.44. The highest BCUT2D eigenvalue weighted by atomic mass is 16.2. The lowest BCUT2D eigenvalue weighted by atomic mass is 10.0. The molecule has 1 aromatic heterocycles. The van der Waals surface area contributed by atoms with Crippen molar-refractivity contribution in [1.29, 1.82) is 0 Å². The molecule has 2 heterocycles. The molecular formula is C18H23N3O. The Hall–Kier alpha value is -2.10. The first-order chi connectivity index (χ1) is 10.6. The lowest BCUT2D eigenvalue weighted by Gasteiger charge is -2.33. The normalized spacial score (nSPS) is 18.5. The van der Waals surface area contributed by atoms with Crippen molar-refractivity contribution in [3.63, 3.8) is 0 Å². The Morgan fingerprint density at radius 3 is 2.50 bits per heavy atom. The molecule has 1 aliphatic heterocycles. The maximum Gasteiger partial charge on any atom is 0.254 e. The molecular weight excluding hydrogens is 274 g/mol. The van der Waals surface area contributed by atoms with Crippen LogP contribution in [0.4, 0.5) is 0 Å². The van der Waals surface area contributed by atoms with Crippen molar-refractivity contribution >= 4 is 5.91 Å². The summed E-state index contributed by atoms with van der Waals surface area (Å²) in [7, 11) is 0. The minimum Gasteiger partial charge on any atom is -0.336 e. The molecule has 0 saturated carbocycles. The molecule has 2 aromatic rings. The molecule has 22 heavy (non-hydrogen) atoms. The smallest absolute Gasteiger partial charge is 0.254 e. The predicted molar refractivity (Wildman–Crippen MR) is 87.4 cm³/mol. The first kappa shape index (κ1) is 14.8. The van der Waals surface area contributed by atoms with Gasteiger partial charge in [0.2, 0.25) is 0 Å². The fourth-order valence-electron chi connectivity index (χ4n) is 3.20. The van der Waals surface area contributed by atoms with Gasteiger partial charge >= 0.3 is 0 Å². The maximum atomic E-state index is 12.6. The minimum absolute atomic E-state index is 0.145. The third kappa shape index (κ3) is 2.78. The van der Waals surface area contributed by atoms with Gasteiger partial charge < -0.3 is 4.90 Å². The van der Waals surface area contributed by atoms with E-state index in [1.54, 1.807) is 0 Å². The number of hydrogen-bond acceptors (Lipinski definition) is 2. The van der Waals surface area contributed by atoms with Crippen LogP contribution in [0.15, 0.2) is 30.3 Å². The van der Waals surface area contributed by atoms with Crippen LogP contribution < -0.4 is 0 Å². The van der Waals surface area contributed by atoms with E-state index < -0.39 is 0 Å². The molecule has 1 aromatic carbocycles. The standard InChI is InChI=1S/C18H23N3O/c1-13-12-15(3)21(19-13)17-9-7-16(8-10-17)18(22)20-11-5-4-6-14(20)2/h7-10,12,14H,4-6,11H2,1-3H3. The SMILES string of the molecule is Cc1cc(C)n(-c2ccc(C(=O)N3CCCCC3C)cc2)n1. The van der Waals surface area contributed by atoms with Crippen molar-refractivity contribution in [2.45, 2.75) is 46.1 Å². The lowest BCUT2D eigenvalue weighted by Crippen LogP contribution is -2.42. The van der Waals surface area contributed by atoms with E-state index in [0.29, 0.717) is 6.04 Å². The summed E-state index contributed by atoms with van der Waals surface area (Å²) in [5, 5.41) is 4.48. The number of hydrogen-bond donors (Lipinski definition) is 0. The van der Waals surface area contributed by atoms with Crippen molar-refractivity contribution in [1.82, 2.24) is 14.7 Å². The van der Waals surface area contributed by atoms with E-state index in [0.717, 1.165) is 42.0 Å². The minimum atomic E-state index is 0.145. The summed E-state index contributed by atoms with van der Waals surface area (Å²) < 4.78 is 1.91. The van der Waals surface area contributed by atoms with Crippen molar-refractivity contribution in [3.8, 4) is 5.69 Å². The zero-order valence-electron chi connectivity index (χ0n) is 13.5. The topological polar surface area (TPSA) is 38.1 Å². The summed E-state index contributed by atoms with van der Waals surface area (Å²) in [4.78, 5) is 14.6. The lowest BCUT2D eigenvalue weighted by molar-refractivity contribution is 0.0635. The molecule has 4 nitrogen and oxygen atoms in total. The number of aromatic nitrogens is 2. The number of nitrogens with zero attached hydrogens (tertiary/aromatic N) is 3. The largest absolute Gasteiger partial charge is 0.336 e. The van der Waals surface area contributed by atoms with Crippen molar-refractivity contribution in [2.24, 2.45) is 0 Å². The van der Waals surface area contributed by atoms with Gasteiger partial charge in [0.15, 0.2) is 0 Å². The Bertz CT molecular complexity index is 672. The molecule has 1 aliphatic rings. The van der Waals surface area contributed by atoms with Crippen LogP contribution in [-0.4, -0.2) is 33.2 Å². The summed E-state index contributed by atoms with van der Waals surface area (Å²) in [6.45, 7) is 7.04. The van der Waals surface area contributed by atoms with E-state index in [2.05, 4.69) is 18.1 Å². The zero-order chi connectivity index (χ0) is 15.7. The Morgan fingerprint density at radius 2 is 1.91 bits per heavy atom. The number of likely N-dealkylation sites (tertiary alicyclic amines) is 1. The second-order valence-electron chi connectivity index (χ2n) is 6.23. The van der Waals surface area contributed by atoms with E-state index >= 15 is 0 Å². The van der Waals surface area contributed by atoms with Crippen LogP contribution in [-0.2, 0) is 0 Å². The monoisotopic (exact) mass is 297 g/mol. The van der Waals surface area contributed by atoms with Crippen LogP contribution in [0, 0.1) is 13.8 Å². The van der Waals surface area contributed by atoms with Crippen LogP contribution in [0.2, 0.25) is 0 Å². The van der Waals surface area contributed by atoms with Crippen LogP contribution in [0.1, 0.15) is 47.9 Å². The van der Waals surface area contributed by atoms with Gasteiger partial charge in [-0.1, -0.05) is 0 Å². The Labute approximate surface area is 131 Å². The summed E-state index contributed by atoms with van der Waals surface area (Å²) in [5.74, 6) is 0.145. The number of amides is 1. The molecule has 3 rings (SSSR count). The second-order valence-corrected chi connectivity index (χ2v) is 6.23. The number of carbonyl (C=O) groups excluding carboxylic acids is 1. The maximum absolute atomic E-state index is 12.6. The average molecular weight is 297 g/mol. The van der Waals surface area contributed by atoms with E-state index in [1.165, 1.54) is 6.42 Å². The first-order valence-corrected chi connectivity index (χ1v) is 8.01. The molecule has 4 heteroatoms. The van der Waals surface area contributed by atoms with Gasteiger partial charge in [0.1, 0.15) is 0 Å². The van der Waals surface area contributed by atoms with Crippen molar-refractivity contribution < 1.29 is 4.79 Å². The fraction of sp³-hybridized carbons (Fsp3) is 0.444. The molecule has 0 spiro atoms. The third-order valence-corrected chi connectivity index (χ3v) is 4.43. The number of carbonyl (C=O) groups is 1. The molecule has 1 atom stereocenters. The number of rotatable bonds is 2. The quantitative estimate of drug-likeness (QED) is 0.851. The van der Waals surface area contributed by atoms with Gasteiger partial charge in [0.25, 0.3) is 5.91 Å². The van der Waals surface area contributed by atoms with E-state index in [9.17, 15) is 4.79 Å². The summed E-state index contributed by atoms with van der Waals surface area (Å²) >= 11 is 0. The number of aryl methyl sites for hydroxylation is 2. The number of benzene rings is 1. The van der Waals surface area contributed by atoms with Gasteiger partial charge in [0.05, 0.1) is 11.4 Å². The second kappa shape index (κ2) is 5.95. The molecule has 0 N–H and O–H groups in total. The Balaban J connectivity index is 1.82. The molecule has 0 radical (unpaired) electrons. The molecule has 116 valence electrons. The summed E-state index contributed by atoms with van der Waals surface area (Å²) in [5.41, 5.74) is 3.86. The van der Waals surface area contributed by atoms with Crippen molar-refractivity contribution in [3.05, 3.63) is 47.3 Å². The highest BCUT2D eigenvalue weighted by molar-refractivity contribution is 5.94. The highest BCUT2D eigenvalue weighted by Gasteiger charge is 2.24. The van der Waals surface area contributed by atoms with Gasteiger partial charge in [-0.3, -0.25) is 4.79 Å². The van der Waals surface area contributed by atoms with Crippen molar-refractivity contribution in [2.75, 3.05) is 6.54 Å². The molecule has 1 fully saturated rings. The Morgan fingerprint density at radius 1 is 1.18 bits per heavy atom. The zero-order valence-corrected chi connectivity index (χ0v) is 13.5. The van der Waals surface area contributed by atoms with Gasteiger partial charge in [-0.05, 0) is 70.4 Å². The van der Waals surface area contributed by atoms with Gasteiger partial charge in [-0.15, -0.1) is 0 Å². The van der Waals surface area contributed by atoms with Crippen LogP contribution in [0.5, 0.6) is 0 Å². The third-order valence-electron chi connectivity index (χ3n) is 4.43. The number of piperidine rings is 1. The van der Waals surface area contributed by atoms with Gasteiger partial charge in [-0.2, -0.15) is 5.10 Å². The van der Waals surface area contributed by atoms with Crippen LogP contribution in [0.25, 0.3) is 5.69 Å². The van der Waals surface area contributed by atoms with Gasteiger partial charge in [-0.25, -0.2) is 4.68 Å². The fourth-order valence-corrected chi connectivity index (χ4v) is 3.20. The van der Waals surface area contributed by atoms with Crippen LogP contribution >= 0.6 is 0 Å². The first-order valence-electron chi connectivity index (χ1n) is 8.01. The van der Waals surface area contributed by atoms with E-state index in [-0.39, 0.29) is 5.91 Å². The average Bonchev–Trinajstić information content (AvgIpc) is 2.86. The molecule has 1 amide bonds. The Kier molecular flexibility index (Phi) is 4.01. The molecule has 1 saturated heterocycles. The molecule has 0 bridgehead atoms. The molecule has 1 unspecified atom stereocenters. The van der Waals surface area contributed by atoms with E-state index in [4.69, 9.17) is 0 Å². The van der Waals surface area contributed by atoms with Gasteiger partial charge in [0, 0.05) is 23.8 Å². The van der Waals surface area contributed by atoms with E-state index in [1.807, 2.05) is 47.7 Å². The highest BCUT2D eigenvalue weighted by Crippen LogP contribution is 2.20. The molecule has 0 aliphatic carbocycles. The predicted octanol–water partition coefficient (Wildman–Crippen LogP) is 3.50.